The molecule has 0 fully saturated rings. The van der Waals surface area contributed by atoms with E-state index in [-0.39, 0.29) is 11.6 Å². The fourth-order valence-corrected chi connectivity index (χ4v) is 4.68. The maximum Gasteiger partial charge on any atom is 0.312 e. The molecule has 0 saturated heterocycles. The van der Waals surface area contributed by atoms with E-state index in [9.17, 15) is 9.90 Å². The van der Waals surface area contributed by atoms with Crippen LogP contribution in [-0.2, 0) is 6.67 Å². The summed E-state index contributed by atoms with van der Waals surface area (Å²) < 4.78 is 1.79. The molecular formula is C28H26ClN5O2. The second-order valence-electron chi connectivity index (χ2n) is 8.50. The van der Waals surface area contributed by atoms with E-state index in [4.69, 9.17) is 11.6 Å². The number of carbonyl (C=O) groups excluding carboxylic acids is 1. The quantitative estimate of drug-likeness (QED) is 0.229. The van der Waals surface area contributed by atoms with Gasteiger partial charge in [-0.25, -0.2) is 0 Å². The van der Waals surface area contributed by atoms with E-state index in [1.165, 1.54) is 0 Å². The third kappa shape index (κ3) is 4.27. The zero-order valence-electron chi connectivity index (χ0n) is 20.1. The largest absolute Gasteiger partial charge is 0.493 e. The Bertz CT molecular complexity index is 1580. The zero-order chi connectivity index (χ0) is 25.2. The molecule has 2 aromatic heterocycles. The highest BCUT2D eigenvalue weighted by Crippen LogP contribution is 2.40. The van der Waals surface area contributed by atoms with Gasteiger partial charge in [0, 0.05) is 26.9 Å². The molecule has 7 nitrogen and oxygen atoms in total. The lowest BCUT2D eigenvalue weighted by Crippen LogP contribution is -2.25. The van der Waals surface area contributed by atoms with Crippen molar-refractivity contribution in [3.8, 4) is 17.0 Å². The van der Waals surface area contributed by atoms with Crippen LogP contribution in [0.4, 0.5) is 5.69 Å². The van der Waals surface area contributed by atoms with Crippen LogP contribution in [0.5, 0.6) is 5.88 Å². The number of amides is 1. The van der Waals surface area contributed by atoms with Crippen LogP contribution >= 0.6 is 11.6 Å². The summed E-state index contributed by atoms with van der Waals surface area (Å²) in [5.74, 6) is -0.562. The van der Waals surface area contributed by atoms with Gasteiger partial charge in [-0.05, 0) is 42.9 Å². The Labute approximate surface area is 213 Å². The predicted octanol–water partition coefficient (Wildman–Crippen LogP) is 7.37. The monoisotopic (exact) mass is 499 g/mol. The van der Waals surface area contributed by atoms with Gasteiger partial charge in [-0.1, -0.05) is 74.0 Å². The number of nitrogens with one attached hydrogen (secondary N) is 1. The zero-order valence-corrected chi connectivity index (χ0v) is 20.8. The van der Waals surface area contributed by atoms with Crippen molar-refractivity contribution in [2.45, 2.75) is 20.5 Å². The number of hydrogen-bond acceptors (Lipinski definition) is 4. The molecule has 0 radical (unpaired) electrons. The smallest absolute Gasteiger partial charge is 0.312 e. The van der Waals surface area contributed by atoms with Crippen molar-refractivity contribution in [2.24, 2.45) is 10.2 Å². The number of hydrogen-bond donors (Lipinski definition) is 2. The number of aromatic hydroxyl groups is 1. The Morgan fingerprint density at radius 1 is 1.00 bits per heavy atom. The van der Waals surface area contributed by atoms with E-state index in [1.54, 1.807) is 10.6 Å². The molecule has 3 aromatic carbocycles. The fraction of sp³-hybridized carbons (Fsp3) is 0.179. The fourth-order valence-electron chi connectivity index (χ4n) is 4.51. The SMILES string of the molecule is CCN(CC)Cn1c(O)c(N=NC(=O)c2[nH]c3ccc(Cl)cc3c2-c2ccccc2)c2ccccc21. The summed E-state index contributed by atoms with van der Waals surface area (Å²) in [6, 6.07) is 22.6. The molecule has 0 atom stereocenters. The molecule has 2 N–H and O–H groups in total. The van der Waals surface area contributed by atoms with Crippen molar-refractivity contribution in [1.82, 2.24) is 14.5 Å². The van der Waals surface area contributed by atoms with Crippen molar-refractivity contribution >= 4 is 45.0 Å². The third-order valence-corrected chi connectivity index (χ3v) is 6.67. The molecule has 5 rings (SSSR count). The van der Waals surface area contributed by atoms with Gasteiger partial charge in [0.15, 0.2) is 5.69 Å². The molecule has 1 amide bonds. The summed E-state index contributed by atoms with van der Waals surface area (Å²) in [7, 11) is 0. The highest BCUT2D eigenvalue weighted by atomic mass is 35.5. The van der Waals surface area contributed by atoms with Crippen LogP contribution in [0, 0.1) is 0 Å². The van der Waals surface area contributed by atoms with Crippen LogP contribution in [0.15, 0.2) is 83.0 Å². The van der Waals surface area contributed by atoms with Crippen LogP contribution in [0.3, 0.4) is 0 Å². The number of para-hydroxylation sites is 1. The molecule has 36 heavy (non-hydrogen) atoms. The van der Waals surface area contributed by atoms with Gasteiger partial charge in [-0.2, -0.15) is 0 Å². The van der Waals surface area contributed by atoms with E-state index >= 15 is 0 Å². The molecule has 0 bridgehead atoms. The van der Waals surface area contributed by atoms with Crippen LogP contribution < -0.4 is 0 Å². The summed E-state index contributed by atoms with van der Waals surface area (Å²) >= 11 is 6.27. The average Bonchev–Trinajstić information content (AvgIpc) is 3.41. The van der Waals surface area contributed by atoms with Crippen molar-refractivity contribution in [3.05, 3.63) is 83.5 Å². The van der Waals surface area contributed by atoms with Gasteiger partial charge in [0.1, 0.15) is 5.69 Å². The van der Waals surface area contributed by atoms with E-state index in [0.717, 1.165) is 40.5 Å². The first-order chi connectivity index (χ1) is 17.5. The van der Waals surface area contributed by atoms with Crippen molar-refractivity contribution in [3.63, 3.8) is 0 Å². The van der Waals surface area contributed by atoms with Crippen molar-refractivity contribution in [2.75, 3.05) is 13.1 Å². The summed E-state index contributed by atoms with van der Waals surface area (Å²) in [5.41, 5.74) is 3.76. The minimum atomic E-state index is -0.541. The van der Waals surface area contributed by atoms with Gasteiger partial charge in [-0.3, -0.25) is 14.3 Å². The second-order valence-corrected chi connectivity index (χ2v) is 8.93. The van der Waals surface area contributed by atoms with Crippen LogP contribution in [0.25, 0.3) is 32.9 Å². The molecule has 5 aromatic rings. The maximum atomic E-state index is 13.4. The number of H-pyrrole nitrogens is 1. The molecule has 0 saturated carbocycles. The predicted molar refractivity (Wildman–Crippen MR) is 144 cm³/mol. The molecule has 0 unspecified atom stereocenters. The first-order valence-corrected chi connectivity index (χ1v) is 12.2. The minimum Gasteiger partial charge on any atom is -0.493 e. The van der Waals surface area contributed by atoms with E-state index in [2.05, 4.69) is 34.0 Å². The first kappa shape index (κ1) is 23.8. The van der Waals surface area contributed by atoms with E-state index in [1.807, 2.05) is 66.7 Å². The Balaban J connectivity index is 1.59. The topological polar surface area (TPSA) is 86.0 Å². The molecule has 0 aliphatic carbocycles. The Hall–Kier alpha value is -3.94. The minimum absolute atomic E-state index is 0.0219. The maximum absolute atomic E-state index is 13.4. The normalized spacial score (nSPS) is 11.9. The molecule has 0 spiro atoms. The molecule has 2 heterocycles. The van der Waals surface area contributed by atoms with E-state index in [0.29, 0.717) is 22.9 Å². The van der Waals surface area contributed by atoms with Crippen molar-refractivity contribution in [1.29, 1.82) is 0 Å². The number of aromatic nitrogens is 2. The molecule has 8 heteroatoms. The number of carbonyl (C=O) groups is 1. The average molecular weight is 500 g/mol. The summed E-state index contributed by atoms with van der Waals surface area (Å²) in [6.45, 7) is 6.32. The highest BCUT2D eigenvalue weighted by molar-refractivity contribution is 6.31. The van der Waals surface area contributed by atoms with E-state index < -0.39 is 5.91 Å². The third-order valence-electron chi connectivity index (χ3n) is 6.43. The van der Waals surface area contributed by atoms with Gasteiger partial charge in [-0.15, -0.1) is 10.2 Å². The summed E-state index contributed by atoms with van der Waals surface area (Å²) in [5, 5.41) is 21.5. The van der Waals surface area contributed by atoms with Gasteiger partial charge in [0.05, 0.1) is 12.2 Å². The lowest BCUT2D eigenvalue weighted by Gasteiger charge is -2.19. The number of azo groups is 1. The van der Waals surface area contributed by atoms with Crippen LogP contribution in [-0.4, -0.2) is 38.6 Å². The number of aromatic amines is 1. The number of benzene rings is 3. The van der Waals surface area contributed by atoms with Gasteiger partial charge >= 0.3 is 5.91 Å². The van der Waals surface area contributed by atoms with Gasteiger partial charge in [0.25, 0.3) is 0 Å². The number of nitrogens with zero attached hydrogens (tertiary/aromatic N) is 4. The Kier molecular flexibility index (Phi) is 6.59. The number of rotatable bonds is 7. The van der Waals surface area contributed by atoms with Crippen LogP contribution in [0.1, 0.15) is 24.3 Å². The standard InChI is InChI=1S/C28H26ClN5O2/c1-3-33(4-2)17-34-23-13-9-8-12-20(23)25(28(34)36)31-32-27(35)26-24(18-10-6-5-7-11-18)21-16-19(29)14-15-22(21)30-26/h5-16,30,36H,3-4,17H2,1-2H3. The summed E-state index contributed by atoms with van der Waals surface area (Å²) in [4.78, 5) is 18.7. The van der Waals surface area contributed by atoms with Gasteiger partial charge in [0.2, 0.25) is 5.88 Å². The Morgan fingerprint density at radius 2 is 1.72 bits per heavy atom. The first-order valence-electron chi connectivity index (χ1n) is 11.9. The Morgan fingerprint density at radius 3 is 2.47 bits per heavy atom. The number of fused-ring (bicyclic) bond motifs is 2. The lowest BCUT2D eigenvalue weighted by molar-refractivity contribution is 0.0991. The van der Waals surface area contributed by atoms with Crippen molar-refractivity contribution < 1.29 is 9.90 Å². The number of halogens is 1. The molecular weight excluding hydrogens is 474 g/mol. The molecule has 0 aliphatic rings. The molecule has 0 aliphatic heterocycles. The van der Waals surface area contributed by atoms with Gasteiger partial charge < -0.3 is 10.1 Å². The summed E-state index contributed by atoms with van der Waals surface area (Å²) in [6.07, 6.45) is 0. The second kappa shape index (κ2) is 9.97. The molecule has 182 valence electrons. The lowest BCUT2D eigenvalue weighted by atomic mass is 10.0. The van der Waals surface area contributed by atoms with Crippen LogP contribution in [0.2, 0.25) is 5.02 Å². The highest BCUT2D eigenvalue weighted by Gasteiger charge is 2.21.